The normalized spacial score (nSPS) is 10.2. The van der Waals surface area contributed by atoms with Gasteiger partial charge in [-0.3, -0.25) is 10.1 Å². The van der Waals surface area contributed by atoms with Gasteiger partial charge in [0.1, 0.15) is 18.0 Å². The molecule has 0 aliphatic heterocycles. The van der Waals surface area contributed by atoms with Gasteiger partial charge in [0.15, 0.2) is 0 Å². The smallest absolute Gasteiger partial charge is 0.292 e. The van der Waals surface area contributed by atoms with Crippen molar-refractivity contribution in [3.8, 4) is 5.75 Å². The summed E-state index contributed by atoms with van der Waals surface area (Å²) in [4.78, 5) is 10.6. The highest BCUT2D eigenvalue weighted by atomic mass is 35.5. The van der Waals surface area contributed by atoms with E-state index < -0.39 is 4.92 Å². The Labute approximate surface area is 127 Å². The van der Waals surface area contributed by atoms with Gasteiger partial charge in [-0.1, -0.05) is 29.8 Å². The standard InChI is InChI=1S/C15H15ClN2O3/c1-10-6-7-12(16)8-14(10)21-9-11-4-3-5-13(18(19)20)15(11)17-2/h3-8,17H,9H2,1-2H3. The van der Waals surface area contributed by atoms with Crippen molar-refractivity contribution in [2.45, 2.75) is 13.5 Å². The predicted octanol–water partition coefficient (Wildman–Crippen LogP) is 4.18. The number of para-hydroxylation sites is 1. The molecule has 0 fully saturated rings. The van der Waals surface area contributed by atoms with Gasteiger partial charge in [0.2, 0.25) is 0 Å². The van der Waals surface area contributed by atoms with E-state index in [1.807, 2.05) is 13.0 Å². The lowest BCUT2D eigenvalue weighted by Crippen LogP contribution is -2.04. The van der Waals surface area contributed by atoms with Crippen LogP contribution in [-0.4, -0.2) is 12.0 Å². The van der Waals surface area contributed by atoms with Gasteiger partial charge in [0.05, 0.1) is 4.92 Å². The zero-order chi connectivity index (χ0) is 15.4. The molecule has 2 aromatic carbocycles. The molecule has 2 rings (SSSR count). The molecule has 110 valence electrons. The van der Waals surface area contributed by atoms with Crippen LogP contribution in [0.15, 0.2) is 36.4 Å². The van der Waals surface area contributed by atoms with Crippen LogP contribution in [0.25, 0.3) is 0 Å². The number of aryl methyl sites for hydroxylation is 1. The minimum Gasteiger partial charge on any atom is -0.488 e. The number of rotatable bonds is 5. The van der Waals surface area contributed by atoms with Crippen LogP contribution in [-0.2, 0) is 6.61 Å². The maximum atomic E-state index is 11.0. The largest absolute Gasteiger partial charge is 0.488 e. The number of anilines is 1. The van der Waals surface area contributed by atoms with Crippen LogP contribution in [0.1, 0.15) is 11.1 Å². The van der Waals surface area contributed by atoms with E-state index >= 15 is 0 Å². The van der Waals surface area contributed by atoms with Crippen molar-refractivity contribution < 1.29 is 9.66 Å². The lowest BCUT2D eigenvalue weighted by molar-refractivity contribution is -0.384. The number of nitro benzene ring substituents is 1. The van der Waals surface area contributed by atoms with E-state index in [1.165, 1.54) is 6.07 Å². The summed E-state index contributed by atoms with van der Waals surface area (Å²) in [6.45, 7) is 2.14. The van der Waals surface area contributed by atoms with Gasteiger partial charge in [-0.05, 0) is 24.6 Å². The Morgan fingerprint density at radius 2 is 2.10 bits per heavy atom. The number of hydrogen-bond acceptors (Lipinski definition) is 4. The third-order valence-corrected chi connectivity index (χ3v) is 3.34. The van der Waals surface area contributed by atoms with E-state index in [0.717, 1.165) is 5.56 Å². The van der Waals surface area contributed by atoms with Crippen molar-refractivity contribution in [1.29, 1.82) is 0 Å². The molecule has 0 unspecified atom stereocenters. The highest BCUT2D eigenvalue weighted by molar-refractivity contribution is 6.30. The lowest BCUT2D eigenvalue weighted by Gasteiger charge is -2.12. The molecule has 0 atom stereocenters. The van der Waals surface area contributed by atoms with Crippen molar-refractivity contribution in [2.75, 3.05) is 12.4 Å². The first-order chi connectivity index (χ1) is 10.0. The quantitative estimate of drug-likeness (QED) is 0.665. The van der Waals surface area contributed by atoms with Crippen LogP contribution in [0.3, 0.4) is 0 Å². The van der Waals surface area contributed by atoms with Gasteiger partial charge < -0.3 is 10.1 Å². The molecule has 21 heavy (non-hydrogen) atoms. The number of nitrogens with zero attached hydrogens (tertiary/aromatic N) is 1. The first kappa shape index (κ1) is 15.1. The first-order valence-electron chi connectivity index (χ1n) is 6.36. The zero-order valence-corrected chi connectivity index (χ0v) is 12.5. The van der Waals surface area contributed by atoms with Gasteiger partial charge in [-0.2, -0.15) is 0 Å². The van der Waals surface area contributed by atoms with Crippen LogP contribution < -0.4 is 10.1 Å². The lowest BCUT2D eigenvalue weighted by atomic mass is 10.1. The maximum Gasteiger partial charge on any atom is 0.292 e. The minimum atomic E-state index is -0.417. The fourth-order valence-electron chi connectivity index (χ4n) is 2.03. The van der Waals surface area contributed by atoms with Crippen LogP contribution in [0.5, 0.6) is 5.75 Å². The van der Waals surface area contributed by atoms with Crippen molar-refractivity contribution in [3.05, 3.63) is 62.7 Å². The summed E-state index contributed by atoms with van der Waals surface area (Å²) in [5.41, 5.74) is 2.16. The molecule has 0 bridgehead atoms. The molecule has 0 radical (unpaired) electrons. The van der Waals surface area contributed by atoms with Crippen molar-refractivity contribution in [3.63, 3.8) is 0 Å². The number of hydrogen-bond donors (Lipinski definition) is 1. The molecular weight excluding hydrogens is 292 g/mol. The summed E-state index contributed by atoms with van der Waals surface area (Å²) in [6.07, 6.45) is 0. The van der Waals surface area contributed by atoms with E-state index in [-0.39, 0.29) is 12.3 Å². The highest BCUT2D eigenvalue weighted by Crippen LogP contribution is 2.30. The average Bonchev–Trinajstić information content (AvgIpc) is 2.47. The van der Waals surface area contributed by atoms with Crippen LogP contribution in [0, 0.1) is 17.0 Å². The van der Waals surface area contributed by atoms with E-state index in [1.54, 1.807) is 31.3 Å². The summed E-state index contributed by atoms with van der Waals surface area (Å²) in [7, 11) is 1.65. The molecule has 5 nitrogen and oxygen atoms in total. The molecule has 0 aliphatic carbocycles. The molecule has 6 heteroatoms. The van der Waals surface area contributed by atoms with Crippen molar-refractivity contribution >= 4 is 23.0 Å². The van der Waals surface area contributed by atoms with E-state index in [2.05, 4.69) is 5.32 Å². The number of nitrogens with one attached hydrogen (secondary N) is 1. The average molecular weight is 307 g/mol. The van der Waals surface area contributed by atoms with E-state index in [0.29, 0.717) is 22.0 Å². The fraction of sp³-hybridized carbons (Fsp3) is 0.200. The van der Waals surface area contributed by atoms with Crippen LogP contribution in [0.4, 0.5) is 11.4 Å². The van der Waals surface area contributed by atoms with E-state index in [4.69, 9.17) is 16.3 Å². The van der Waals surface area contributed by atoms with Crippen LogP contribution >= 0.6 is 11.6 Å². The van der Waals surface area contributed by atoms with Gasteiger partial charge in [0.25, 0.3) is 5.69 Å². The highest BCUT2D eigenvalue weighted by Gasteiger charge is 2.16. The molecule has 0 heterocycles. The summed E-state index contributed by atoms with van der Waals surface area (Å²) in [5, 5.41) is 14.5. The number of ether oxygens (including phenoxy) is 1. The van der Waals surface area contributed by atoms with Gasteiger partial charge in [-0.15, -0.1) is 0 Å². The predicted molar refractivity (Wildman–Crippen MR) is 83.2 cm³/mol. The fourth-order valence-corrected chi connectivity index (χ4v) is 2.19. The molecule has 1 N–H and O–H groups in total. The first-order valence-corrected chi connectivity index (χ1v) is 6.73. The molecule has 0 saturated carbocycles. The summed E-state index contributed by atoms with van der Waals surface area (Å²) in [5.74, 6) is 0.663. The number of benzene rings is 2. The Hall–Kier alpha value is -2.27. The Morgan fingerprint density at radius 3 is 2.76 bits per heavy atom. The van der Waals surface area contributed by atoms with Gasteiger partial charge in [-0.25, -0.2) is 0 Å². The van der Waals surface area contributed by atoms with Crippen molar-refractivity contribution in [1.82, 2.24) is 0 Å². The Kier molecular flexibility index (Phi) is 4.65. The second-order valence-corrected chi connectivity index (χ2v) is 4.95. The molecule has 0 aromatic heterocycles. The summed E-state index contributed by atoms with van der Waals surface area (Å²) < 4.78 is 5.73. The number of halogens is 1. The van der Waals surface area contributed by atoms with Crippen LogP contribution in [0.2, 0.25) is 5.02 Å². The molecular formula is C15H15ClN2O3. The molecule has 2 aromatic rings. The van der Waals surface area contributed by atoms with Gasteiger partial charge >= 0.3 is 0 Å². The Bertz CT molecular complexity index is 674. The molecule has 0 amide bonds. The maximum absolute atomic E-state index is 11.0. The molecule has 0 spiro atoms. The summed E-state index contributed by atoms with van der Waals surface area (Å²) in [6, 6.07) is 10.3. The van der Waals surface area contributed by atoms with Gasteiger partial charge in [0, 0.05) is 23.7 Å². The third-order valence-electron chi connectivity index (χ3n) is 3.11. The minimum absolute atomic E-state index is 0.0291. The summed E-state index contributed by atoms with van der Waals surface area (Å²) >= 11 is 5.94. The van der Waals surface area contributed by atoms with E-state index in [9.17, 15) is 10.1 Å². The Morgan fingerprint density at radius 1 is 1.33 bits per heavy atom. The second kappa shape index (κ2) is 6.45. The van der Waals surface area contributed by atoms with Crippen molar-refractivity contribution in [2.24, 2.45) is 0 Å². The monoisotopic (exact) mass is 306 g/mol. The zero-order valence-electron chi connectivity index (χ0n) is 11.7. The third kappa shape index (κ3) is 3.44. The second-order valence-electron chi connectivity index (χ2n) is 4.52. The molecule has 0 aliphatic rings. The Balaban J connectivity index is 2.26. The molecule has 0 saturated heterocycles. The number of nitro groups is 1. The SMILES string of the molecule is CNc1c(COc2cc(Cl)ccc2C)cccc1[N+](=O)[O-]. The topological polar surface area (TPSA) is 64.4 Å².